The van der Waals surface area contributed by atoms with Gasteiger partial charge in [-0.05, 0) is 66.6 Å². The number of aryl methyl sites for hydroxylation is 1. The fourth-order valence-corrected chi connectivity index (χ4v) is 3.05. The van der Waals surface area contributed by atoms with Crippen LogP contribution in [-0.4, -0.2) is 31.1 Å². The van der Waals surface area contributed by atoms with Crippen LogP contribution in [0.4, 0.5) is 17.3 Å². The van der Waals surface area contributed by atoms with Gasteiger partial charge in [0.05, 0.1) is 5.69 Å². The van der Waals surface area contributed by atoms with Crippen LogP contribution in [0.2, 0.25) is 0 Å². The number of phenolic OH excluding ortho intramolecular Hbond substituents is 2. The van der Waals surface area contributed by atoms with Gasteiger partial charge in [-0.15, -0.1) is 0 Å². The second kappa shape index (κ2) is 9.61. The molecule has 8 nitrogen and oxygen atoms in total. The monoisotopic (exact) mass is 439 g/mol. The van der Waals surface area contributed by atoms with Gasteiger partial charge in [0.2, 0.25) is 11.9 Å². The van der Waals surface area contributed by atoms with Gasteiger partial charge in [-0.3, -0.25) is 9.78 Å². The largest absolute Gasteiger partial charge is 0.504 e. The number of nitrogens with one attached hydrogen (secondary N) is 2. The first-order chi connectivity index (χ1) is 16.0. The van der Waals surface area contributed by atoms with Gasteiger partial charge in [0, 0.05) is 41.6 Å². The fourth-order valence-electron chi connectivity index (χ4n) is 3.05. The molecule has 4 N–H and O–H groups in total. The summed E-state index contributed by atoms with van der Waals surface area (Å²) >= 11 is 0. The minimum atomic E-state index is -0.341. The van der Waals surface area contributed by atoms with E-state index in [1.54, 1.807) is 42.9 Å². The number of anilines is 3. The molecule has 0 bridgehead atoms. The van der Waals surface area contributed by atoms with Crippen molar-refractivity contribution in [3.05, 3.63) is 90.4 Å². The molecule has 0 aliphatic heterocycles. The summed E-state index contributed by atoms with van der Waals surface area (Å²) in [5, 5.41) is 24.9. The molecule has 33 heavy (non-hydrogen) atoms. The van der Waals surface area contributed by atoms with Crippen molar-refractivity contribution < 1.29 is 15.0 Å². The summed E-state index contributed by atoms with van der Waals surface area (Å²) < 4.78 is 0. The van der Waals surface area contributed by atoms with E-state index in [0.717, 1.165) is 22.5 Å². The number of benzene rings is 2. The zero-order chi connectivity index (χ0) is 23.2. The lowest BCUT2D eigenvalue weighted by Gasteiger charge is -2.11. The molecule has 0 saturated carbocycles. The van der Waals surface area contributed by atoms with Crippen molar-refractivity contribution in [1.82, 2.24) is 15.0 Å². The Morgan fingerprint density at radius 3 is 2.67 bits per heavy atom. The van der Waals surface area contributed by atoms with Crippen LogP contribution in [0.3, 0.4) is 0 Å². The Bertz CT molecular complexity index is 1320. The predicted octanol–water partition coefficient (Wildman–Crippen LogP) is 4.65. The molecule has 0 radical (unpaired) electrons. The van der Waals surface area contributed by atoms with Gasteiger partial charge in [-0.25, -0.2) is 9.97 Å². The van der Waals surface area contributed by atoms with Gasteiger partial charge < -0.3 is 20.8 Å². The maximum atomic E-state index is 12.3. The topological polar surface area (TPSA) is 120 Å². The molecule has 4 aromatic rings. The molecule has 0 fully saturated rings. The molecule has 0 saturated heterocycles. The first kappa shape index (κ1) is 21.5. The van der Waals surface area contributed by atoms with Crippen LogP contribution in [-0.2, 0) is 4.79 Å². The molecule has 2 aromatic carbocycles. The Hall–Kier alpha value is -4.72. The highest BCUT2D eigenvalue weighted by molar-refractivity contribution is 6.02. The first-order valence-corrected chi connectivity index (χ1v) is 10.1. The van der Waals surface area contributed by atoms with E-state index in [-0.39, 0.29) is 17.4 Å². The molecule has 0 unspecified atom stereocenters. The quantitative estimate of drug-likeness (QED) is 0.255. The Morgan fingerprint density at radius 1 is 1.00 bits per heavy atom. The van der Waals surface area contributed by atoms with Crippen molar-refractivity contribution in [2.75, 3.05) is 10.6 Å². The summed E-state index contributed by atoms with van der Waals surface area (Å²) in [5.74, 6) is -0.380. The van der Waals surface area contributed by atoms with Crippen molar-refractivity contribution in [1.29, 1.82) is 0 Å². The van der Waals surface area contributed by atoms with Gasteiger partial charge in [0.15, 0.2) is 11.5 Å². The van der Waals surface area contributed by atoms with Crippen LogP contribution in [0.5, 0.6) is 11.5 Å². The van der Waals surface area contributed by atoms with E-state index in [2.05, 4.69) is 25.6 Å². The predicted molar refractivity (Wildman–Crippen MR) is 127 cm³/mol. The molecule has 0 atom stereocenters. The third-order valence-electron chi connectivity index (χ3n) is 4.79. The maximum absolute atomic E-state index is 12.3. The molecule has 0 aliphatic carbocycles. The number of carbonyl (C=O) groups is 1. The normalized spacial score (nSPS) is 10.8. The van der Waals surface area contributed by atoms with Crippen LogP contribution in [0.1, 0.15) is 11.1 Å². The summed E-state index contributed by atoms with van der Waals surface area (Å²) in [5.41, 5.74) is 4.51. The summed E-state index contributed by atoms with van der Waals surface area (Å²) in [7, 11) is 0. The molecule has 1 amide bonds. The van der Waals surface area contributed by atoms with Crippen LogP contribution >= 0.6 is 0 Å². The molecule has 0 aliphatic rings. The van der Waals surface area contributed by atoms with Gasteiger partial charge in [0.1, 0.15) is 0 Å². The number of hydrogen-bond acceptors (Lipinski definition) is 7. The van der Waals surface area contributed by atoms with Gasteiger partial charge in [-0.1, -0.05) is 12.1 Å². The van der Waals surface area contributed by atoms with Crippen molar-refractivity contribution in [2.45, 2.75) is 6.92 Å². The van der Waals surface area contributed by atoms with Crippen LogP contribution < -0.4 is 10.6 Å². The highest BCUT2D eigenvalue weighted by Crippen LogP contribution is 2.26. The summed E-state index contributed by atoms with van der Waals surface area (Å²) in [6, 6.07) is 15.4. The molecule has 8 heteroatoms. The molecule has 2 heterocycles. The van der Waals surface area contributed by atoms with Crippen LogP contribution in [0, 0.1) is 6.92 Å². The van der Waals surface area contributed by atoms with E-state index in [9.17, 15) is 15.0 Å². The minimum Gasteiger partial charge on any atom is -0.504 e. The van der Waals surface area contributed by atoms with Gasteiger partial charge in [-0.2, -0.15) is 0 Å². The fraction of sp³-hybridized carbons (Fsp3) is 0.0400. The second-order valence-electron chi connectivity index (χ2n) is 7.23. The minimum absolute atomic E-state index is 0.216. The maximum Gasteiger partial charge on any atom is 0.248 e. The lowest BCUT2D eigenvalue weighted by Crippen LogP contribution is -2.08. The molecule has 0 spiro atoms. The smallest absolute Gasteiger partial charge is 0.248 e. The molecular formula is C25H21N5O3. The number of aromatic hydroxyl groups is 2. The molecule has 164 valence electrons. The number of pyridine rings is 1. The zero-order valence-corrected chi connectivity index (χ0v) is 17.7. The Balaban J connectivity index is 1.47. The second-order valence-corrected chi connectivity index (χ2v) is 7.23. The van der Waals surface area contributed by atoms with E-state index in [0.29, 0.717) is 17.2 Å². The highest BCUT2D eigenvalue weighted by Gasteiger charge is 2.07. The average Bonchev–Trinajstić information content (AvgIpc) is 2.83. The third kappa shape index (κ3) is 5.50. The Labute approximate surface area is 190 Å². The van der Waals surface area contributed by atoms with Crippen molar-refractivity contribution in [3.63, 3.8) is 0 Å². The van der Waals surface area contributed by atoms with Crippen molar-refractivity contribution in [3.8, 4) is 22.8 Å². The summed E-state index contributed by atoms with van der Waals surface area (Å²) in [6.45, 7) is 1.94. The van der Waals surface area contributed by atoms with E-state index >= 15 is 0 Å². The first-order valence-electron chi connectivity index (χ1n) is 10.1. The molecule has 4 rings (SSSR count). The Morgan fingerprint density at radius 2 is 1.88 bits per heavy atom. The average molecular weight is 439 g/mol. The standard InChI is InChI=1S/C25H21N5O3/c1-16-4-7-19(28-24(33)9-6-17-5-8-22(31)23(32)13-17)14-21(16)30-25-27-12-10-20(29-25)18-3-2-11-26-15-18/h2-15,31-32H,1H3,(H,28,33)(H,27,29,30)/b9-6+. The number of carbonyl (C=O) groups excluding carboxylic acids is 1. The zero-order valence-electron chi connectivity index (χ0n) is 17.7. The van der Waals surface area contributed by atoms with Gasteiger partial charge >= 0.3 is 0 Å². The lowest BCUT2D eigenvalue weighted by molar-refractivity contribution is -0.111. The summed E-state index contributed by atoms with van der Waals surface area (Å²) in [4.78, 5) is 25.3. The lowest BCUT2D eigenvalue weighted by atomic mass is 10.1. The van der Waals surface area contributed by atoms with E-state index in [4.69, 9.17) is 0 Å². The number of nitrogens with zero attached hydrogens (tertiary/aromatic N) is 3. The van der Waals surface area contributed by atoms with E-state index < -0.39 is 0 Å². The number of aromatic nitrogens is 3. The number of phenols is 2. The number of hydrogen-bond donors (Lipinski definition) is 4. The van der Waals surface area contributed by atoms with Crippen LogP contribution in [0.25, 0.3) is 17.3 Å². The third-order valence-corrected chi connectivity index (χ3v) is 4.79. The van der Waals surface area contributed by atoms with Gasteiger partial charge in [0.25, 0.3) is 0 Å². The molecular weight excluding hydrogens is 418 g/mol. The number of rotatable bonds is 6. The highest BCUT2D eigenvalue weighted by atomic mass is 16.3. The van der Waals surface area contributed by atoms with Crippen molar-refractivity contribution >= 4 is 29.3 Å². The Kier molecular flexibility index (Phi) is 6.26. The van der Waals surface area contributed by atoms with Crippen LogP contribution in [0.15, 0.2) is 79.3 Å². The SMILES string of the molecule is Cc1ccc(NC(=O)/C=C/c2ccc(O)c(O)c2)cc1Nc1nccc(-c2cccnc2)n1. The van der Waals surface area contributed by atoms with E-state index in [1.807, 2.05) is 31.2 Å². The summed E-state index contributed by atoms with van der Waals surface area (Å²) in [6.07, 6.45) is 8.00. The number of amides is 1. The van der Waals surface area contributed by atoms with E-state index in [1.165, 1.54) is 18.2 Å². The molecule has 2 aromatic heterocycles. The van der Waals surface area contributed by atoms with Crippen molar-refractivity contribution in [2.24, 2.45) is 0 Å².